The van der Waals surface area contributed by atoms with Crippen LogP contribution in [0.25, 0.3) is 0 Å². The Balaban J connectivity index is 1.89. The van der Waals surface area contributed by atoms with E-state index in [4.69, 9.17) is 16.3 Å². The smallest absolute Gasteiger partial charge is 0.311 e. The first-order valence-electron chi connectivity index (χ1n) is 7.31. The van der Waals surface area contributed by atoms with Gasteiger partial charge in [-0.15, -0.1) is 11.3 Å². The van der Waals surface area contributed by atoms with E-state index in [1.807, 2.05) is 0 Å². The number of hydrogen-bond donors (Lipinski definition) is 1. The Kier molecular flexibility index (Phi) is 7.08. The second-order valence-electron chi connectivity index (χ2n) is 4.85. The molecule has 1 aromatic heterocycles. The average molecular weight is 385 g/mol. The van der Waals surface area contributed by atoms with Crippen LogP contribution in [0.2, 0.25) is 5.02 Å². The molecule has 2 aromatic rings. The van der Waals surface area contributed by atoms with Gasteiger partial charge in [-0.3, -0.25) is 9.59 Å². The van der Waals surface area contributed by atoms with Crippen LogP contribution in [-0.2, 0) is 20.7 Å². The Morgan fingerprint density at radius 3 is 2.96 bits per heavy atom. The van der Waals surface area contributed by atoms with Gasteiger partial charge in [-0.25, -0.2) is 4.98 Å². The van der Waals surface area contributed by atoms with Crippen molar-refractivity contribution in [3.63, 3.8) is 0 Å². The molecule has 128 valence electrons. The lowest BCUT2D eigenvalue weighted by molar-refractivity contribution is -0.142. The lowest BCUT2D eigenvalue weighted by Gasteiger charge is -2.10. The van der Waals surface area contributed by atoms with E-state index in [0.29, 0.717) is 23.0 Å². The van der Waals surface area contributed by atoms with Crippen molar-refractivity contribution in [1.29, 1.82) is 0 Å². The fourth-order valence-electron chi connectivity index (χ4n) is 1.80. The van der Waals surface area contributed by atoms with E-state index >= 15 is 0 Å². The molecule has 5 nitrogen and oxygen atoms in total. The molecule has 1 amide bonds. The molecule has 2 rings (SSSR count). The SMILES string of the molecule is CCOC(=O)Cc1csc(S[C@@H](C)C(=O)Nc2cccc(Cl)c2)n1. The number of nitrogens with zero attached hydrogens (tertiary/aromatic N) is 1. The van der Waals surface area contributed by atoms with Crippen LogP contribution in [0, 0.1) is 0 Å². The van der Waals surface area contributed by atoms with Gasteiger partial charge in [-0.1, -0.05) is 29.4 Å². The summed E-state index contributed by atoms with van der Waals surface area (Å²) in [5, 5.41) is 4.86. The van der Waals surface area contributed by atoms with Crippen molar-refractivity contribution in [2.24, 2.45) is 0 Å². The zero-order valence-corrected chi connectivity index (χ0v) is 15.6. The summed E-state index contributed by atoms with van der Waals surface area (Å²) in [6, 6.07) is 6.99. The standard InChI is InChI=1S/C16H17ClN2O3S2/c1-3-22-14(20)8-13-9-23-16(19-13)24-10(2)15(21)18-12-6-4-5-11(17)7-12/h4-7,9-10H,3,8H2,1-2H3,(H,18,21)/t10-/m0/s1. The molecule has 0 spiro atoms. The number of halogens is 1. The number of carbonyl (C=O) groups excluding carboxylic acids is 2. The van der Waals surface area contributed by atoms with Crippen molar-refractivity contribution in [2.45, 2.75) is 29.9 Å². The Morgan fingerprint density at radius 1 is 1.46 bits per heavy atom. The van der Waals surface area contributed by atoms with Crippen LogP contribution < -0.4 is 5.32 Å². The number of thioether (sulfide) groups is 1. The second kappa shape index (κ2) is 9.05. The van der Waals surface area contributed by atoms with Gasteiger partial charge < -0.3 is 10.1 Å². The first-order valence-corrected chi connectivity index (χ1v) is 9.44. The van der Waals surface area contributed by atoms with Gasteiger partial charge in [-0.05, 0) is 32.0 Å². The summed E-state index contributed by atoms with van der Waals surface area (Å²) < 4.78 is 5.63. The van der Waals surface area contributed by atoms with Gasteiger partial charge in [0.05, 0.1) is 24.0 Å². The predicted molar refractivity (Wildman–Crippen MR) is 97.9 cm³/mol. The second-order valence-corrected chi connectivity index (χ2v) is 7.73. The number of anilines is 1. The van der Waals surface area contributed by atoms with Gasteiger partial charge in [0.1, 0.15) is 0 Å². The van der Waals surface area contributed by atoms with E-state index in [2.05, 4.69) is 10.3 Å². The minimum Gasteiger partial charge on any atom is -0.466 e. The molecule has 0 saturated carbocycles. The minimum atomic E-state index is -0.328. The molecule has 0 aliphatic heterocycles. The number of hydrogen-bond acceptors (Lipinski definition) is 6. The third kappa shape index (κ3) is 5.81. The number of amides is 1. The number of rotatable bonds is 7. The molecule has 0 radical (unpaired) electrons. The Bertz CT molecular complexity index is 721. The van der Waals surface area contributed by atoms with E-state index in [1.54, 1.807) is 43.5 Å². The average Bonchev–Trinajstić information content (AvgIpc) is 2.94. The van der Waals surface area contributed by atoms with E-state index in [9.17, 15) is 9.59 Å². The van der Waals surface area contributed by atoms with Crippen LogP contribution in [0.3, 0.4) is 0 Å². The van der Waals surface area contributed by atoms with E-state index in [-0.39, 0.29) is 23.5 Å². The summed E-state index contributed by atoms with van der Waals surface area (Å²) in [6.07, 6.45) is 0.147. The number of benzene rings is 1. The number of nitrogens with one attached hydrogen (secondary N) is 1. The lowest BCUT2D eigenvalue weighted by Crippen LogP contribution is -2.22. The van der Waals surface area contributed by atoms with Gasteiger partial charge in [0.25, 0.3) is 0 Å². The van der Waals surface area contributed by atoms with Crippen molar-refractivity contribution in [3.8, 4) is 0 Å². The maximum absolute atomic E-state index is 12.2. The van der Waals surface area contributed by atoms with Gasteiger partial charge in [0.2, 0.25) is 5.91 Å². The summed E-state index contributed by atoms with van der Waals surface area (Å²) in [7, 11) is 0. The highest BCUT2D eigenvalue weighted by atomic mass is 35.5. The Hall–Kier alpha value is -1.57. The maximum atomic E-state index is 12.2. The summed E-state index contributed by atoms with van der Waals surface area (Å²) in [6.45, 7) is 3.92. The molecule has 1 aromatic carbocycles. The molecule has 0 saturated heterocycles. The van der Waals surface area contributed by atoms with Crippen LogP contribution in [0.1, 0.15) is 19.5 Å². The van der Waals surface area contributed by atoms with Gasteiger partial charge >= 0.3 is 5.97 Å². The molecule has 0 unspecified atom stereocenters. The summed E-state index contributed by atoms with van der Waals surface area (Å²) in [5.41, 5.74) is 1.31. The molecule has 0 aliphatic carbocycles. The molecule has 0 fully saturated rings. The van der Waals surface area contributed by atoms with Crippen molar-refractivity contribution in [2.75, 3.05) is 11.9 Å². The monoisotopic (exact) mass is 384 g/mol. The van der Waals surface area contributed by atoms with Crippen molar-refractivity contribution in [3.05, 3.63) is 40.4 Å². The number of ether oxygens (including phenoxy) is 1. The largest absolute Gasteiger partial charge is 0.466 e. The Morgan fingerprint density at radius 2 is 2.25 bits per heavy atom. The predicted octanol–water partition coefficient (Wildman–Crippen LogP) is 4.02. The summed E-state index contributed by atoms with van der Waals surface area (Å²) in [4.78, 5) is 28.0. The van der Waals surface area contributed by atoms with Crippen LogP contribution in [-0.4, -0.2) is 28.7 Å². The van der Waals surface area contributed by atoms with Gasteiger partial charge in [0, 0.05) is 16.1 Å². The third-order valence-electron chi connectivity index (χ3n) is 2.90. The minimum absolute atomic E-state index is 0.135. The zero-order valence-electron chi connectivity index (χ0n) is 13.2. The number of carbonyl (C=O) groups is 2. The maximum Gasteiger partial charge on any atom is 0.311 e. The van der Waals surface area contributed by atoms with E-state index in [1.165, 1.54) is 23.1 Å². The molecule has 1 N–H and O–H groups in total. The normalized spacial score (nSPS) is 11.8. The number of aromatic nitrogens is 1. The van der Waals surface area contributed by atoms with E-state index in [0.717, 1.165) is 4.34 Å². The van der Waals surface area contributed by atoms with Crippen molar-refractivity contribution < 1.29 is 14.3 Å². The molecule has 24 heavy (non-hydrogen) atoms. The highest BCUT2D eigenvalue weighted by Crippen LogP contribution is 2.28. The summed E-state index contributed by atoms with van der Waals surface area (Å²) >= 11 is 8.66. The Labute approximate surface area is 153 Å². The molecule has 8 heteroatoms. The highest BCUT2D eigenvalue weighted by molar-refractivity contribution is 8.02. The molecule has 1 heterocycles. The number of esters is 1. The number of thiazole rings is 1. The first-order chi connectivity index (χ1) is 11.5. The topological polar surface area (TPSA) is 68.3 Å². The molecule has 0 bridgehead atoms. The zero-order chi connectivity index (χ0) is 17.5. The third-order valence-corrected chi connectivity index (χ3v) is 5.26. The first kappa shape index (κ1) is 18.8. The molecule has 1 atom stereocenters. The van der Waals surface area contributed by atoms with Gasteiger partial charge in [-0.2, -0.15) is 0 Å². The highest BCUT2D eigenvalue weighted by Gasteiger charge is 2.17. The van der Waals surface area contributed by atoms with Gasteiger partial charge in [0.15, 0.2) is 4.34 Å². The van der Waals surface area contributed by atoms with Crippen LogP contribution in [0.5, 0.6) is 0 Å². The van der Waals surface area contributed by atoms with Crippen LogP contribution in [0.4, 0.5) is 5.69 Å². The molecular weight excluding hydrogens is 368 g/mol. The quantitative estimate of drug-likeness (QED) is 0.576. The van der Waals surface area contributed by atoms with Crippen LogP contribution in [0.15, 0.2) is 34.0 Å². The van der Waals surface area contributed by atoms with Crippen LogP contribution >= 0.6 is 34.7 Å². The molecular formula is C16H17ClN2O3S2. The fraction of sp³-hybridized carbons (Fsp3) is 0.312. The summed E-state index contributed by atoms with van der Waals surface area (Å²) in [5.74, 6) is -0.435. The lowest BCUT2D eigenvalue weighted by atomic mass is 10.3. The molecule has 0 aliphatic rings. The fourth-order valence-corrected chi connectivity index (χ4v) is 3.97. The van der Waals surface area contributed by atoms with Crippen molar-refractivity contribution >= 4 is 52.3 Å². The van der Waals surface area contributed by atoms with Crippen molar-refractivity contribution in [1.82, 2.24) is 4.98 Å². The van der Waals surface area contributed by atoms with E-state index < -0.39 is 0 Å².